The van der Waals surface area contributed by atoms with E-state index in [4.69, 9.17) is 49.4 Å². The van der Waals surface area contributed by atoms with Gasteiger partial charge in [0.1, 0.15) is 34.5 Å². The van der Waals surface area contributed by atoms with Gasteiger partial charge in [-0.15, -0.1) is 0 Å². The summed E-state index contributed by atoms with van der Waals surface area (Å²) in [4.78, 5) is 53.7. The van der Waals surface area contributed by atoms with Crippen molar-refractivity contribution in [2.24, 2.45) is 5.41 Å². The van der Waals surface area contributed by atoms with Crippen LogP contribution in [0.3, 0.4) is 0 Å². The number of esters is 4. The highest BCUT2D eigenvalue weighted by molar-refractivity contribution is 6.01. The predicted octanol–water partition coefficient (Wildman–Crippen LogP) is 18.3. The summed E-state index contributed by atoms with van der Waals surface area (Å²) >= 11 is 0. The van der Waals surface area contributed by atoms with E-state index in [9.17, 15) is 19.2 Å². The molecule has 6 aromatic carbocycles. The van der Waals surface area contributed by atoms with E-state index in [1.807, 2.05) is 97.1 Å². The number of unbranched alkanes of at least 4 members (excludes halogenated alkanes) is 20. The largest absolute Gasteiger partial charge is 0.494 e. The first-order chi connectivity index (χ1) is 45.5. The maximum atomic E-state index is 14.4. The Morgan fingerprint density at radius 3 is 0.882 bits per heavy atom. The number of hydrogen-bond acceptors (Lipinski definition) is 14. The summed E-state index contributed by atoms with van der Waals surface area (Å²) in [5.41, 5.74) is 15.0. The average Bonchev–Trinajstić information content (AvgIpc) is 0.874. The van der Waals surface area contributed by atoms with Gasteiger partial charge >= 0.3 is 23.9 Å². The van der Waals surface area contributed by atoms with Crippen LogP contribution in [0.5, 0.6) is 34.5 Å². The first-order valence-electron chi connectivity index (χ1n) is 34.2. The molecule has 93 heavy (non-hydrogen) atoms. The smallest absolute Gasteiger partial charge is 0.336 e. The zero-order valence-corrected chi connectivity index (χ0v) is 55.3. The standard InChI is InChI=1S/C79H102N2O12/c1-3-5-21-55-86-71-45-49-73(50-46-71)92-75(82)53-35-63-31-41-69(42-32-63)88-57-23-17-13-9-7-11-15-19-25-59-90-77(84)79(61-65-27-37-67(80)38-28-65,62-66-29-39-68(81)40-30-66)78(85)91-60-26-20-16-12-8-10-14-18-24-58-89-70-43-33-64(34-44-70)36-54-76(83)93-74-51-47-72(48-52-74)87-56-22-6-4-2/h27-54H,3-26,55-62,80-81H2,1-2H3/b53-35+,54-36+. The van der Waals surface area contributed by atoms with E-state index in [1.54, 1.807) is 60.7 Å². The van der Waals surface area contributed by atoms with Crippen molar-refractivity contribution < 1.29 is 57.1 Å². The number of benzene rings is 6. The molecule has 0 saturated heterocycles. The molecule has 0 spiro atoms. The van der Waals surface area contributed by atoms with Gasteiger partial charge in [0.2, 0.25) is 0 Å². The topological polar surface area (TPSA) is 194 Å². The van der Waals surface area contributed by atoms with Crippen LogP contribution in [-0.4, -0.2) is 63.5 Å². The monoisotopic (exact) mass is 1270 g/mol. The van der Waals surface area contributed by atoms with Gasteiger partial charge in [0.15, 0.2) is 5.41 Å². The Morgan fingerprint density at radius 1 is 0.323 bits per heavy atom. The molecule has 0 amide bonds. The summed E-state index contributed by atoms with van der Waals surface area (Å²) in [5.74, 6) is 1.98. The molecule has 0 aliphatic carbocycles. The Bertz CT molecular complexity index is 2880. The van der Waals surface area contributed by atoms with E-state index >= 15 is 0 Å². The van der Waals surface area contributed by atoms with Crippen molar-refractivity contribution in [1.29, 1.82) is 0 Å². The fourth-order valence-corrected chi connectivity index (χ4v) is 10.5. The number of ether oxygens (including phenoxy) is 8. The van der Waals surface area contributed by atoms with Gasteiger partial charge in [-0.2, -0.15) is 0 Å². The third kappa shape index (κ3) is 30.2. The number of nitrogen functional groups attached to an aromatic ring is 2. The number of anilines is 2. The molecule has 0 radical (unpaired) electrons. The van der Waals surface area contributed by atoms with Crippen molar-refractivity contribution in [2.75, 3.05) is 51.1 Å². The SMILES string of the molecule is CCCCCOc1ccc(OC(=O)/C=C/c2ccc(OCCCCCCCCCCCOC(=O)C(Cc3ccc(N)cc3)(Cc3ccc(N)cc3)C(=O)OCCCCCCCCCCCOc3ccc(/C=C/C(=O)Oc4ccc(OCCCCC)cc4)cc3)cc2)cc1. The molecule has 0 bridgehead atoms. The van der Waals surface area contributed by atoms with Gasteiger partial charge in [0.25, 0.3) is 0 Å². The summed E-state index contributed by atoms with van der Waals surface area (Å²) < 4.78 is 46.4. The van der Waals surface area contributed by atoms with Crippen LogP contribution in [0.15, 0.2) is 158 Å². The van der Waals surface area contributed by atoms with Crippen LogP contribution in [0.2, 0.25) is 0 Å². The summed E-state index contributed by atoms with van der Waals surface area (Å²) in [6.45, 7) is 7.38. The molecule has 0 aliphatic rings. The van der Waals surface area contributed by atoms with Crippen LogP contribution >= 0.6 is 0 Å². The van der Waals surface area contributed by atoms with E-state index in [0.29, 0.717) is 62.1 Å². The fourth-order valence-electron chi connectivity index (χ4n) is 10.5. The van der Waals surface area contributed by atoms with Crippen molar-refractivity contribution in [3.05, 3.63) is 180 Å². The maximum absolute atomic E-state index is 14.4. The van der Waals surface area contributed by atoms with E-state index in [1.165, 1.54) is 12.2 Å². The van der Waals surface area contributed by atoms with E-state index in [2.05, 4.69) is 13.8 Å². The summed E-state index contributed by atoms with van der Waals surface area (Å²) in [7, 11) is 0. The molecule has 14 nitrogen and oxygen atoms in total. The Kier molecular flexibility index (Phi) is 34.9. The molecule has 0 unspecified atom stereocenters. The Hall–Kier alpha value is -8.52. The number of carbonyl (C=O) groups is 4. The van der Waals surface area contributed by atoms with Gasteiger partial charge in [-0.1, -0.05) is 178 Å². The van der Waals surface area contributed by atoms with Crippen LogP contribution in [0, 0.1) is 5.41 Å². The van der Waals surface area contributed by atoms with Crippen LogP contribution in [0.25, 0.3) is 12.2 Å². The van der Waals surface area contributed by atoms with Gasteiger partial charge < -0.3 is 49.4 Å². The minimum Gasteiger partial charge on any atom is -0.494 e. The molecule has 0 saturated carbocycles. The lowest BCUT2D eigenvalue weighted by Gasteiger charge is -2.30. The molecule has 0 fully saturated rings. The quantitative estimate of drug-likeness (QED) is 0.00915. The molecule has 4 N–H and O–H groups in total. The molecule has 6 rings (SSSR count). The molecule has 14 heteroatoms. The van der Waals surface area contributed by atoms with Crippen molar-refractivity contribution in [3.8, 4) is 34.5 Å². The highest BCUT2D eigenvalue weighted by Gasteiger charge is 2.49. The minimum absolute atomic E-state index is 0.103. The van der Waals surface area contributed by atoms with Crippen molar-refractivity contribution in [1.82, 2.24) is 0 Å². The molecule has 6 aromatic rings. The van der Waals surface area contributed by atoms with Gasteiger partial charge in [-0.25, -0.2) is 9.59 Å². The van der Waals surface area contributed by atoms with E-state index in [0.717, 1.165) is 187 Å². The highest BCUT2D eigenvalue weighted by atomic mass is 16.6. The summed E-state index contributed by atoms with van der Waals surface area (Å²) in [6.07, 6.45) is 31.5. The maximum Gasteiger partial charge on any atom is 0.336 e. The second-order valence-electron chi connectivity index (χ2n) is 24.0. The Labute approximate surface area is 553 Å². The number of nitrogens with two attached hydrogens (primary N) is 2. The van der Waals surface area contributed by atoms with Gasteiger partial charge in [0, 0.05) is 23.5 Å². The number of hydrogen-bond donors (Lipinski definition) is 2. The van der Waals surface area contributed by atoms with Crippen LogP contribution in [0.1, 0.15) is 190 Å². The van der Waals surface area contributed by atoms with E-state index in [-0.39, 0.29) is 26.1 Å². The van der Waals surface area contributed by atoms with Crippen molar-refractivity contribution >= 4 is 47.4 Å². The molecular formula is C79H102N2O12. The predicted molar refractivity (Wildman–Crippen MR) is 373 cm³/mol. The number of rotatable bonds is 48. The van der Waals surface area contributed by atoms with Crippen LogP contribution < -0.4 is 39.9 Å². The second kappa shape index (κ2) is 44.1. The van der Waals surface area contributed by atoms with E-state index < -0.39 is 29.3 Å². The molecular weight excluding hydrogens is 1170 g/mol. The molecule has 0 heterocycles. The third-order valence-electron chi connectivity index (χ3n) is 16.0. The molecule has 0 aliphatic heterocycles. The first-order valence-corrected chi connectivity index (χ1v) is 34.2. The van der Waals surface area contributed by atoms with Gasteiger partial charge in [0.05, 0.1) is 39.6 Å². The summed E-state index contributed by atoms with van der Waals surface area (Å²) in [6, 6.07) is 44.0. The van der Waals surface area contributed by atoms with Crippen molar-refractivity contribution in [2.45, 2.75) is 181 Å². The lowest BCUT2D eigenvalue weighted by molar-refractivity contribution is -0.173. The van der Waals surface area contributed by atoms with Gasteiger partial charge in [-0.05, 0) is 183 Å². The average molecular weight is 1270 g/mol. The molecule has 0 aromatic heterocycles. The zero-order chi connectivity index (χ0) is 65.8. The van der Waals surface area contributed by atoms with Crippen LogP contribution in [0.4, 0.5) is 11.4 Å². The Balaban J connectivity index is 0.810. The number of carbonyl (C=O) groups excluding carboxylic acids is 4. The lowest BCUT2D eigenvalue weighted by atomic mass is 9.76. The minimum atomic E-state index is -1.61. The Morgan fingerprint density at radius 2 is 0.581 bits per heavy atom. The second-order valence-corrected chi connectivity index (χ2v) is 24.0. The normalized spacial score (nSPS) is 11.4. The zero-order valence-electron chi connectivity index (χ0n) is 55.3. The molecule has 0 atom stereocenters. The molecule has 500 valence electrons. The van der Waals surface area contributed by atoms with Crippen LogP contribution in [-0.2, 0) is 41.5 Å². The van der Waals surface area contributed by atoms with Crippen molar-refractivity contribution in [3.63, 3.8) is 0 Å². The fraction of sp³-hybridized carbons (Fsp3) is 0.443. The lowest BCUT2D eigenvalue weighted by Crippen LogP contribution is -2.46. The van der Waals surface area contributed by atoms with Gasteiger partial charge in [-0.3, -0.25) is 9.59 Å². The first kappa shape index (κ1) is 73.5. The summed E-state index contributed by atoms with van der Waals surface area (Å²) in [5, 5.41) is 0. The highest BCUT2D eigenvalue weighted by Crippen LogP contribution is 2.34. The third-order valence-corrected chi connectivity index (χ3v) is 16.0.